The van der Waals surface area contributed by atoms with Crippen LogP contribution in [-0.2, 0) is 22.5 Å². The maximum atomic E-state index is 13.0. The number of carbonyl (C=O) groups is 2. The number of nitrogens with zero attached hydrogens (tertiary/aromatic N) is 2. The van der Waals surface area contributed by atoms with E-state index >= 15 is 0 Å². The van der Waals surface area contributed by atoms with Crippen molar-refractivity contribution in [1.29, 1.82) is 0 Å². The van der Waals surface area contributed by atoms with Gasteiger partial charge in [0, 0.05) is 26.2 Å². The van der Waals surface area contributed by atoms with Gasteiger partial charge in [-0.1, -0.05) is 24.3 Å². The van der Waals surface area contributed by atoms with E-state index in [2.05, 4.69) is 18.2 Å². The van der Waals surface area contributed by atoms with Crippen molar-refractivity contribution in [1.82, 2.24) is 9.80 Å². The Morgan fingerprint density at radius 3 is 2.52 bits per heavy atom. The summed E-state index contributed by atoms with van der Waals surface area (Å²) in [5, 5.41) is 0. The van der Waals surface area contributed by atoms with E-state index in [9.17, 15) is 9.59 Å². The van der Waals surface area contributed by atoms with Crippen LogP contribution in [0.1, 0.15) is 44.7 Å². The third kappa shape index (κ3) is 4.33. The number of hydrogen-bond donors (Lipinski definition) is 0. The van der Waals surface area contributed by atoms with Gasteiger partial charge in [0.15, 0.2) is 0 Å². The number of carbonyl (C=O) groups excluding carboxylic acids is 2. The van der Waals surface area contributed by atoms with E-state index in [1.807, 2.05) is 31.7 Å². The molecule has 136 valence electrons. The van der Waals surface area contributed by atoms with Gasteiger partial charge in [0.05, 0.1) is 5.92 Å². The Morgan fingerprint density at radius 1 is 1.08 bits per heavy atom. The van der Waals surface area contributed by atoms with Crippen molar-refractivity contribution < 1.29 is 14.3 Å². The molecule has 2 aliphatic heterocycles. The van der Waals surface area contributed by atoms with Crippen LogP contribution in [0.4, 0.5) is 4.79 Å². The van der Waals surface area contributed by atoms with Crippen molar-refractivity contribution in [2.24, 2.45) is 5.92 Å². The summed E-state index contributed by atoms with van der Waals surface area (Å²) in [5.74, 6) is 0.0503. The summed E-state index contributed by atoms with van der Waals surface area (Å²) < 4.78 is 5.46. The lowest BCUT2D eigenvalue weighted by molar-refractivity contribution is -0.138. The van der Waals surface area contributed by atoms with Crippen LogP contribution in [0.25, 0.3) is 0 Å². The van der Waals surface area contributed by atoms with Gasteiger partial charge in [-0.15, -0.1) is 0 Å². The van der Waals surface area contributed by atoms with Crippen LogP contribution in [-0.4, -0.2) is 47.0 Å². The summed E-state index contributed by atoms with van der Waals surface area (Å²) in [7, 11) is 0. The predicted octanol–water partition coefficient (Wildman–Crippen LogP) is 3.22. The van der Waals surface area contributed by atoms with Gasteiger partial charge in [-0.2, -0.15) is 0 Å². The molecule has 5 heteroatoms. The molecule has 0 N–H and O–H groups in total. The van der Waals surface area contributed by atoms with Gasteiger partial charge in [0.25, 0.3) is 0 Å². The quantitative estimate of drug-likeness (QED) is 0.786. The highest BCUT2D eigenvalue weighted by Gasteiger charge is 2.34. The summed E-state index contributed by atoms with van der Waals surface area (Å²) in [6, 6.07) is 8.32. The Bertz CT molecular complexity index is 651. The van der Waals surface area contributed by atoms with Gasteiger partial charge >= 0.3 is 6.09 Å². The van der Waals surface area contributed by atoms with Gasteiger partial charge < -0.3 is 14.5 Å². The zero-order valence-electron chi connectivity index (χ0n) is 15.5. The molecule has 1 aromatic carbocycles. The number of piperidine rings is 1. The maximum absolute atomic E-state index is 13.0. The minimum Gasteiger partial charge on any atom is -0.444 e. The second kappa shape index (κ2) is 7.06. The smallest absolute Gasteiger partial charge is 0.410 e. The van der Waals surface area contributed by atoms with Crippen LogP contribution >= 0.6 is 0 Å². The normalized spacial score (nSPS) is 20.8. The Labute approximate surface area is 149 Å². The highest BCUT2D eigenvalue weighted by Crippen LogP contribution is 2.25. The van der Waals surface area contributed by atoms with Crippen LogP contribution < -0.4 is 0 Å². The van der Waals surface area contributed by atoms with Gasteiger partial charge in [-0.05, 0) is 51.2 Å². The topological polar surface area (TPSA) is 49.9 Å². The summed E-state index contributed by atoms with van der Waals surface area (Å²) in [6.07, 6.45) is 2.29. The fraction of sp³-hybridized carbons (Fsp3) is 0.600. The number of hydrogen-bond acceptors (Lipinski definition) is 3. The predicted molar refractivity (Wildman–Crippen MR) is 96.1 cm³/mol. The average Bonchev–Trinajstić information content (AvgIpc) is 2.59. The minimum absolute atomic E-state index is 0.119. The lowest BCUT2D eigenvalue weighted by Crippen LogP contribution is -2.48. The molecule has 1 aromatic rings. The van der Waals surface area contributed by atoms with Crippen molar-refractivity contribution in [2.75, 3.05) is 19.6 Å². The van der Waals surface area contributed by atoms with Crippen LogP contribution in [0.15, 0.2) is 24.3 Å². The van der Waals surface area contributed by atoms with E-state index in [-0.39, 0.29) is 17.9 Å². The molecule has 0 bridgehead atoms. The Balaban J connectivity index is 1.62. The monoisotopic (exact) mass is 344 g/mol. The second-order valence-corrected chi connectivity index (χ2v) is 8.04. The molecule has 1 fully saturated rings. The third-order valence-corrected chi connectivity index (χ3v) is 4.86. The standard InChI is InChI=1S/C20H28N2O3/c1-20(2,3)25-19(24)22-11-6-9-17(14-22)18(23)21-12-10-15-7-4-5-8-16(15)13-21/h4-5,7-8,17H,6,9-14H2,1-3H3. The highest BCUT2D eigenvalue weighted by molar-refractivity contribution is 5.80. The van der Waals surface area contributed by atoms with E-state index in [0.29, 0.717) is 19.6 Å². The Kier molecular flexibility index (Phi) is 5.02. The molecule has 1 saturated heterocycles. The molecular formula is C20H28N2O3. The molecule has 2 heterocycles. The van der Waals surface area contributed by atoms with E-state index in [1.165, 1.54) is 11.1 Å². The summed E-state index contributed by atoms with van der Waals surface area (Å²) >= 11 is 0. The number of likely N-dealkylation sites (tertiary alicyclic amines) is 1. The van der Waals surface area contributed by atoms with Crippen molar-refractivity contribution in [3.05, 3.63) is 35.4 Å². The molecule has 0 saturated carbocycles. The first-order valence-corrected chi connectivity index (χ1v) is 9.17. The number of amides is 2. The molecular weight excluding hydrogens is 316 g/mol. The van der Waals surface area contributed by atoms with Gasteiger partial charge in [-0.25, -0.2) is 4.79 Å². The first-order chi connectivity index (χ1) is 11.8. The van der Waals surface area contributed by atoms with Crippen molar-refractivity contribution in [3.8, 4) is 0 Å². The van der Waals surface area contributed by atoms with Crippen LogP contribution in [0.2, 0.25) is 0 Å². The van der Waals surface area contributed by atoms with Crippen LogP contribution in [0.3, 0.4) is 0 Å². The zero-order chi connectivity index (χ0) is 18.0. The van der Waals surface area contributed by atoms with Gasteiger partial charge in [-0.3, -0.25) is 4.79 Å². The van der Waals surface area contributed by atoms with Gasteiger partial charge in [0.2, 0.25) is 5.91 Å². The number of rotatable bonds is 1. The molecule has 0 aliphatic carbocycles. The Hall–Kier alpha value is -2.04. The molecule has 3 rings (SSSR count). The number of ether oxygens (including phenoxy) is 1. The molecule has 5 nitrogen and oxygen atoms in total. The van der Waals surface area contributed by atoms with Gasteiger partial charge in [0.1, 0.15) is 5.60 Å². The second-order valence-electron chi connectivity index (χ2n) is 8.04. The molecule has 25 heavy (non-hydrogen) atoms. The number of fused-ring (bicyclic) bond motifs is 1. The highest BCUT2D eigenvalue weighted by atomic mass is 16.6. The summed E-state index contributed by atoms with van der Waals surface area (Å²) in [4.78, 5) is 28.9. The first-order valence-electron chi connectivity index (χ1n) is 9.17. The lowest BCUT2D eigenvalue weighted by Gasteiger charge is -2.37. The first kappa shape index (κ1) is 17.8. The largest absolute Gasteiger partial charge is 0.444 e. The van der Waals surface area contributed by atoms with E-state index in [1.54, 1.807) is 4.90 Å². The van der Waals surface area contributed by atoms with Crippen molar-refractivity contribution in [2.45, 2.75) is 52.2 Å². The fourth-order valence-electron chi connectivity index (χ4n) is 3.61. The molecule has 0 radical (unpaired) electrons. The SMILES string of the molecule is CC(C)(C)OC(=O)N1CCCC(C(=O)N2CCc3ccccc3C2)C1. The molecule has 1 atom stereocenters. The molecule has 2 aliphatic rings. The molecule has 2 amide bonds. The Morgan fingerprint density at radius 2 is 1.80 bits per heavy atom. The maximum Gasteiger partial charge on any atom is 0.410 e. The summed E-state index contributed by atoms with van der Waals surface area (Å²) in [5.41, 5.74) is 2.07. The molecule has 0 spiro atoms. The summed E-state index contributed by atoms with van der Waals surface area (Å²) in [6.45, 7) is 8.16. The van der Waals surface area contributed by atoms with Crippen LogP contribution in [0, 0.1) is 5.92 Å². The molecule has 0 aromatic heterocycles. The number of benzene rings is 1. The van der Waals surface area contributed by atoms with E-state index in [4.69, 9.17) is 4.74 Å². The lowest BCUT2D eigenvalue weighted by atomic mass is 9.94. The fourth-order valence-corrected chi connectivity index (χ4v) is 3.61. The van der Waals surface area contributed by atoms with Crippen molar-refractivity contribution in [3.63, 3.8) is 0 Å². The van der Waals surface area contributed by atoms with Crippen molar-refractivity contribution >= 4 is 12.0 Å². The van der Waals surface area contributed by atoms with E-state index < -0.39 is 5.60 Å². The van der Waals surface area contributed by atoms with E-state index in [0.717, 1.165) is 25.8 Å². The third-order valence-electron chi connectivity index (χ3n) is 4.86. The minimum atomic E-state index is -0.509. The van der Waals surface area contributed by atoms with Crippen LogP contribution in [0.5, 0.6) is 0 Å². The molecule has 1 unspecified atom stereocenters. The average molecular weight is 344 g/mol. The zero-order valence-corrected chi connectivity index (χ0v) is 15.5.